The summed E-state index contributed by atoms with van der Waals surface area (Å²) in [6, 6.07) is 8.72. The maximum atomic E-state index is 2.27. The first-order valence-corrected chi connectivity index (χ1v) is 5.64. The molecule has 0 nitrogen and oxygen atoms in total. The fraction of sp³-hybridized carbons (Fsp3) is 0.615. The zero-order chi connectivity index (χ0) is 9.36. The minimum atomic E-state index is 1.28. The second-order valence-electron chi connectivity index (χ2n) is 3.81. The van der Waals surface area contributed by atoms with Crippen molar-refractivity contribution in [3.05, 3.63) is 29.8 Å². The molecule has 0 radical (unpaired) electrons. The van der Waals surface area contributed by atoms with Crippen LogP contribution in [0.2, 0.25) is 0 Å². The molecule has 74 valence electrons. The number of aryl methyl sites for hydroxylation is 1. The topological polar surface area (TPSA) is 0 Å². The van der Waals surface area contributed by atoms with Crippen molar-refractivity contribution in [1.29, 1.82) is 0 Å². The summed E-state index contributed by atoms with van der Waals surface area (Å²) >= 11 is 0. The van der Waals surface area contributed by atoms with Crippen LogP contribution in [0.1, 0.15) is 51.0 Å². The van der Waals surface area contributed by atoms with Crippen molar-refractivity contribution < 1.29 is 0 Å². The van der Waals surface area contributed by atoms with Crippen molar-refractivity contribution in [2.45, 2.75) is 51.9 Å². The van der Waals surface area contributed by atoms with Crippen LogP contribution >= 0.6 is 0 Å². The standard InChI is InChI=1S/C13H21/c1-2-3-4-5-6-7-10-13-11-8-9-12-13/h8-9,11-12H,2-7,10H2,1H3/q-1. The highest BCUT2D eigenvalue weighted by Gasteiger charge is 1.89. The van der Waals surface area contributed by atoms with E-state index in [0.717, 1.165) is 0 Å². The average Bonchev–Trinajstić information content (AvgIpc) is 2.63. The summed E-state index contributed by atoms with van der Waals surface area (Å²) in [7, 11) is 0. The molecule has 0 unspecified atom stereocenters. The maximum absolute atomic E-state index is 2.27. The first-order chi connectivity index (χ1) is 6.43. The molecule has 1 aromatic rings. The third kappa shape index (κ3) is 4.82. The molecule has 0 spiro atoms. The van der Waals surface area contributed by atoms with Crippen LogP contribution in [0.15, 0.2) is 24.3 Å². The fourth-order valence-corrected chi connectivity index (χ4v) is 1.69. The van der Waals surface area contributed by atoms with E-state index in [2.05, 4.69) is 31.2 Å². The lowest BCUT2D eigenvalue weighted by molar-refractivity contribution is 0.608. The van der Waals surface area contributed by atoms with Crippen LogP contribution in [0.5, 0.6) is 0 Å². The van der Waals surface area contributed by atoms with Crippen LogP contribution in [-0.2, 0) is 6.42 Å². The number of hydrogen-bond acceptors (Lipinski definition) is 0. The summed E-state index contributed by atoms with van der Waals surface area (Å²) in [5, 5.41) is 0. The quantitative estimate of drug-likeness (QED) is 0.430. The molecule has 0 saturated carbocycles. The molecule has 0 fully saturated rings. The van der Waals surface area contributed by atoms with Gasteiger partial charge in [-0.15, -0.1) is 0 Å². The molecular weight excluding hydrogens is 156 g/mol. The number of unbranched alkanes of at least 4 members (excludes halogenated alkanes) is 5. The van der Waals surface area contributed by atoms with Crippen LogP contribution in [0, 0.1) is 0 Å². The van der Waals surface area contributed by atoms with Gasteiger partial charge in [-0.25, -0.2) is 12.1 Å². The van der Waals surface area contributed by atoms with Crippen LogP contribution < -0.4 is 0 Å². The van der Waals surface area contributed by atoms with Gasteiger partial charge in [-0.2, -0.15) is 17.7 Å². The second kappa shape index (κ2) is 6.82. The van der Waals surface area contributed by atoms with Crippen molar-refractivity contribution in [3.8, 4) is 0 Å². The van der Waals surface area contributed by atoms with Gasteiger partial charge in [0.05, 0.1) is 0 Å². The number of rotatable bonds is 7. The third-order valence-electron chi connectivity index (χ3n) is 2.55. The van der Waals surface area contributed by atoms with E-state index in [9.17, 15) is 0 Å². The van der Waals surface area contributed by atoms with Crippen LogP contribution in [0.25, 0.3) is 0 Å². The highest BCUT2D eigenvalue weighted by Crippen LogP contribution is 2.09. The van der Waals surface area contributed by atoms with E-state index in [-0.39, 0.29) is 0 Å². The van der Waals surface area contributed by atoms with E-state index < -0.39 is 0 Å². The SMILES string of the molecule is CCCCCCCCc1ccc[cH-]1. The summed E-state index contributed by atoms with van der Waals surface area (Å²) in [5.74, 6) is 0. The molecule has 0 heteroatoms. The average molecular weight is 177 g/mol. The molecule has 0 N–H and O–H groups in total. The predicted molar refractivity (Wildman–Crippen MR) is 59.1 cm³/mol. The second-order valence-corrected chi connectivity index (χ2v) is 3.81. The Hall–Kier alpha value is -0.650. The van der Waals surface area contributed by atoms with Crippen molar-refractivity contribution >= 4 is 0 Å². The molecule has 0 atom stereocenters. The Labute approximate surface area is 82.3 Å². The van der Waals surface area contributed by atoms with Gasteiger partial charge in [0.15, 0.2) is 0 Å². The Morgan fingerprint density at radius 1 is 1.08 bits per heavy atom. The Morgan fingerprint density at radius 3 is 2.54 bits per heavy atom. The van der Waals surface area contributed by atoms with Gasteiger partial charge in [0.2, 0.25) is 0 Å². The van der Waals surface area contributed by atoms with Gasteiger partial charge in [0.25, 0.3) is 0 Å². The molecule has 1 aromatic carbocycles. The maximum Gasteiger partial charge on any atom is -0.0513 e. The van der Waals surface area contributed by atoms with Crippen LogP contribution in [0.4, 0.5) is 0 Å². The van der Waals surface area contributed by atoms with Crippen molar-refractivity contribution in [1.82, 2.24) is 0 Å². The van der Waals surface area contributed by atoms with Gasteiger partial charge in [0.1, 0.15) is 0 Å². The smallest absolute Gasteiger partial charge is 0.0513 e. The van der Waals surface area contributed by atoms with E-state index in [1.165, 1.54) is 50.5 Å². The molecule has 0 saturated heterocycles. The highest BCUT2D eigenvalue weighted by molar-refractivity contribution is 5.15. The van der Waals surface area contributed by atoms with Gasteiger partial charge in [-0.3, -0.25) is 0 Å². The monoisotopic (exact) mass is 177 g/mol. The Morgan fingerprint density at radius 2 is 1.85 bits per heavy atom. The summed E-state index contributed by atoms with van der Waals surface area (Å²) in [5.41, 5.74) is 1.51. The third-order valence-corrected chi connectivity index (χ3v) is 2.55. The van der Waals surface area contributed by atoms with Crippen molar-refractivity contribution in [2.75, 3.05) is 0 Å². The lowest BCUT2D eigenvalue weighted by atomic mass is 10.1. The molecule has 1 rings (SSSR count). The minimum absolute atomic E-state index is 1.28. The molecule has 13 heavy (non-hydrogen) atoms. The van der Waals surface area contributed by atoms with Crippen LogP contribution in [0.3, 0.4) is 0 Å². The molecular formula is C13H21-. The van der Waals surface area contributed by atoms with E-state index in [1.54, 1.807) is 0 Å². The van der Waals surface area contributed by atoms with E-state index in [0.29, 0.717) is 0 Å². The summed E-state index contributed by atoms with van der Waals surface area (Å²) in [6.45, 7) is 2.27. The molecule has 0 heterocycles. The fourth-order valence-electron chi connectivity index (χ4n) is 1.69. The minimum Gasteiger partial charge on any atom is -0.213 e. The van der Waals surface area contributed by atoms with Gasteiger partial charge < -0.3 is 0 Å². The predicted octanol–water partition coefficient (Wildman–Crippen LogP) is 4.31. The van der Waals surface area contributed by atoms with Gasteiger partial charge in [0, 0.05) is 0 Å². The first-order valence-electron chi connectivity index (χ1n) is 5.64. The van der Waals surface area contributed by atoms with Gasteiger partial charge in [-0.1, -0.05) is 51.9 Å². The Bertz CT molecular complexity index is 184. The lowest BCUT2D eigenvalue weighted by Crippen LogP contribution is -1.83. The Kier molecular flexibility index (Phi) is 5.47. The normalized spacial score (nSPS) is 10.5. The molecule has 0 amide bonds. The number of hydrogen-bond donors (Lipinski definition) is 0. The summed E-state index contributed by atoms with van der Waals surface area (Å²) < 4.78 is 0. The Balaban J connectivity index is 1.90. The van der Waals surface area contributed by atoms with E-state index in [1.807, 2.05) is 0 Å². The molecule has 0 aliphatic heterocycles. The van der Waals surface area contributed by atoms with E-state index in [4.69, 9.17) is 0 Å². The van der Waals surface area contributed by atoms with Crippen LogP contribution in [-0.4, -0.2) is 0 Å². The molecule has 0 aliphatic carbocycles. The molecule has 0 aromatic heterocycles. The van der Waals surface area contributed by atoms with Gasteiger partial charge in [-0.05, 0) is 0 Å². The zero-order valence-electron chi connectivity index (χ0n) is 8.76. The zero-order valence-corrected chi connectivity index (χ0v) is 8.76. The van der Waals surface area contributed by atoms with Gasteiger partial charge >= 0.3 is 0 Å². The highest BCUT2D eigenvalue weighted by atomic mass is 14.0. The van der Waals surface area contributed by atoms with Crippen molar-refractivity contribution in [2.24, 2.45) is 0 Å². The first kappa shape index (κ1) is 10.4. The summed E-state index contributed by atoms with van der Waals surface area (Å²) in [6.07, 6.45) is 9.67. The van der Waals surface area contributed by atoms with Crippen molar-refractivity contribution in [3.63, 3.8) is 0 Å². The largest absolute Gasteiger partial charge is 0.213 e. The van der Waals surface area contributed by atoms with E-state index >= 15 is 0 Å². The lowest BCUT2D eigenvalue weighted by Gasteiger charge is -2.02. The molecule has 0 aliphatic rings. The molecule has 0 bridgehead atoms. The summed E-state index contributed by atoms with van der Waals surface area (Å²) in [4.78, 5) is 0.